The fourth-order valence-corrected chi connectivity index (χ4v) is 5.32. The Morgan fingerprint density at radius 3 is 1.82 bits per heavy atom. The van der Waals surface area contributed by atoms with Crippen molar-refractivity contribution in [2.45, 2.75) is 40.5 Å². The number of rotatable bonds is 3. The Hall–Kier alpha value is -2.80. The van der Waals surface area contributed by atoms with Crippen molar-refractivity contribution in [3.63, 3.8) is 0 Å². The molecule has 0 unspecified atom stereocenters. The van der Waals surface area contributed by atoms with E-state index >= 15 is 0 Å². The van der Waals surface area contributed by atoms with E-state index < -0.39 is 0 Å². The summed E-state index contributed by atoms with van der Waals surface area (Å²) in [5, 5.41) is 5.49. The van der Waals surface area contributed by atoms with E-state index in [-0.39, 0.29) is 14.9 Å². The maximum atomic E-state index is 3.06. The first-order valence-corrected chi connectivity index (χ1v) is 17.3. The van der Waals surface area contributed by atoms with E-state index in [2.05, 4.69) is 151 Å². The molecule has 0 fully saturated rings. The van der Waals surface area contributed by atoms with Crippen molar-refractivity contribution in [1.29, 1.82) is 0 Å². The second-order valence-electron chi connectivity index (χ2n) is 10.2. The van der Waals surface area contributed by atoms with Gasteiger partial charge in [0.25, 0.3) is 0 Å². The standard InChI is InChI=1S/2C18H17.2CH3.Si.Zr/c1-12-9-16-13(2)11-14(3)18(17(16)10-12)15-7-5-4-6-8-15;1-13(2)16-11-15-9-6-10-17(18(15)12-16)14-7-4-3-5-8-14;;;;/h4-11H,1-3H3;3-13H,1-2H3;2*1H3;;/q4*-1;;. The molecule has 0 aliphatic carbocycles. The van der Waals surface area contributed by atoms with Crippen molar-refractivity contribution in [2.75, 3.05) is 0 Å². The minimum atomic E-state index is 0. The van der Waals surface area contributed by atoms with E-state index in [0.29, 0.717) is 5.92 Å². The Morgan fingerprint density at radius 1 is 0.625 bits per heavy atom. The van der Waals surface area contributed by atoms with Gasteiger partial charge in [0.15, 0.2) is 0 Å². The van der Waals surface area contributed by atoms with Crippen molar-refractivity contribution in [3.8, 4) is 22.3 Å². The molecule has 0 heterocycles. The first kappa shape index (κ1) is 33.4. The molecule has 6 aromatic rings. The van der Waals surface area contributed by atoms with Gasteiger partial charge in [-0.25, -0.2) is 0 Å². The molecular formula is C38H40SiZr-4. The summed E-state index contributed by atoms with van der Waals surface area (Å²) in [4.78, 5) is 0. The predicted octanol–water partition coefficient (Wildman–Crippen LogP) is 11.0. The van der Waals surface area contributed by atoms with Crippen molar-refractivity contribution in [3.05, 3.63) is 146 Å². The average molecular weight is 616 g/mol. The zero-order valence-corrected chi connectivity index (χ0v) is 28.4. The molecule has 2 radical (unpaired) electrons. The molecule has 6 rings (SSSR count). The van der Waals surface area contributed by atoms with Crippen LogP contribution < -0.4 is 0 Å². The topological polar surface area (TPSA) is 0 Å². The Bertz CT molecular complexity index is 1640. The van der Waals surface area contributed by atoms with Crippen LogP contribution in [0.1, 0.15) is 42.0 Å². The first-order chi connectivity index (χ1) is 18.4. The second-order valence-corrected chi connectivity index (χ2v) is 10.2. The summed E-state index contributed by atoms with van der Waals surface area (Å²) < 4.78 is 0. The number of hydrogen-bond donors (Lipinski definition) is 0. The summed E-state index contributed by atoms with van der Waals surface area (Å²) in [6.07, 6.45) is 0. The van der Waals surface area contributed by atoms with E-state index in [1.807, 2.05) is 0 Å². The van der Waals surface area contributed by atoms with Crippen molar-refractivity contribution >= 4 is 28.4 Å². The van der Waals surface area contributed by atoms with Crippen molar-refractivity contribution in [1.82, 2.24) is 0 Å². The van der Waals surface area contributed by atoms with Gasteiger partial charge in [-0.3, -0.25) is 0 Å². The monoisotopic (exact) mass is 614 g/mol. The molecule has 0 amide bonds. The van der Waals surface area contributed by atoms with Crippen LogP contribution in [0.3, 0.4) is 0 Å². The van der Waals surface area contributed by atoms with Crippen LogP contribution in [-0.4, -0.2) is 6.88 Å². The molecule has 0 saturated heterocycles. The number of hydrogen-bond acceptors (Lipinski definition) is 0. The average Bonchev–Trinajstić information content (AvgIpc) is 3.55. The summed E-state index contributed by atoms with van der Waals surface area (Å²) in [7, 11) is 0. The van der Waals surface area contributed by atoms with Gasteiger partial charge in [0.2, 0.25) is 0 Å². The summed E-state index contributed by atoms with van der Waals surface area (Å²) in [5.74, 6) is 0.584. The molecule has 0 aromatic heterocycles. The fourth-order valence-electron chi connectivity index (χ4n) is 5.32. The predicted molar refractivity (Wildman–Crippen MR) is 177 cm³/mol. The Balaban J connectivity index is 0.000000252. The molecule has 40 heavy (non-hydrogen) atoms. The van der Waals surface area contributed by atoms with Crippen molar-refractivity contribution < 1.29 is 23.3 Å². The van der Waals surface area contributed by atoms with Gasteiger partial charge in [-0.05, 0) is 24.0 Å². The van der Waals surface area contributed by atoms with Crippen LogP contribution in [0, 0.1) is 35.6 Å². The SMILES string of the molecule is CC(C)c1cc2c(-c3ccccc3)cccc2[cH-]1.Cc1cc2c(-c3ccccc3)c(C)cc(C)c2[cH-]1.[CH3-].[CH3-].[Si]=[Zr]. The van der Waals surface area contributed by atoms with Gasteiger partial charge in [0, 0.05) is 0 Å². The maximum absolute atomic E-state index is 3.06. The van der Waals surface area contributed by atoms with E-state index in [9.17, 15) is 0 Å². The molecule has 6 aromatic carbocycles. The van der Waals surface area contributed by atoms with Gasteiger partial charge in [-0.2, -0.15) is 12.1 Å². The third kappa shape index (κ3) is 7.28. The van der Waals surface area contributed by atoms with Crippen LogP contribution in [0.15, 0.2) is 109 Å². The Morgan fingerprint density at radius 2 is 1.23 bits per heavy atom. The Labute approximate surface area is 259 Å². The van der Waals surface area contributed by atoms with Crippen LogP contribution in [0.5, 0.6) is 0 Å². The summed E-state index contributed by atoms with van der Waals surface area (Å²) >= 11 is 1.36. The van der Waals surface area contributed by atoms with Gasteiger partial charge in [-0.1, -0.05) is 117 Å². The summed E-state index contributed by atoms with van der Waals surface area (Å²) in [6, 6.07) is 39.4. The quantitative estimate of drug-likeness (QED) is 0.137. The second kappa shape index (κ2) is 15.3. The zero-order chi connectivity index (χ0) is 27.2. The van der Waals surface area contributed by atoms with Crippen molar-refractivity contribution in [2.24, 2.45) is 0 Å². The van der Waals surface area contributed by atoms with E-state index in [0.717, 1.165) is 0 Å². The number of fused-ring (bicyclic) bond motifs is 2. The third-order valence-electron chi connectivity index (χ3n) is 7.14. The molecule has 0 aliphatic rings. The van der Waals surface area contributed by atoms with Crippen LogP contribution in [0.25, 0.3) is 43.8 Å². The van der Waals surface area contributed by atoms with E-state index in [4.69, 9.17) is 0 Å². The van der Waals surface area contributed by atoms with Gasteiger partial charge in [0.1, 0.15) is 0 Å². The molecule has 204 valence electrons. The van der Waals surface area contributed by atoms with Gasteiger partial charge < -0.3 is 14.9 Å². The van der Waals surface area contributed by atoms with Crippen LogP contribution in [0.4, 0.5) is 0 Å². The molecule has 0 aliphatic heterocycles. The minimum absolute atomic E-state index is 0. The molecular weight excluding hydrogens is 576 g/mol. The molecule has 0 atom stereocenters. The summed E-state index contributed by atoms with van der Waals surface area (Å²) in [5.41, 5.74) is 10.8. The first-order valence-electron chi connectivity index (χ1n) is 13.1. The van der Waals surface area contributed by atoms with Gasteiger partial charge in [0.05, 0.1) is 0 Å². The van der Waals surface area contributed by atoms with Gasteiger partial charge in [-0.15, -0.1) is 62.5 Å². The number of benzene rings is 4. The van der Waals surface area contributed by atoms with E-state index in [1.54, 1.807) is 0 Å². The molecule has 0 nitrogen and oxygen atoms in total. The molecule has 0 spiro atoms. The third-order valence-corrected chi connectivity index (χ3v) is 7.14. The normalized spacial score (nSPS) is 10.1. The molecule has 2 heteroatoms. The molecule has 0 saturated carbocycles. The zero-order valence-electron chi connectivity index (χ0n) is 25.0. The Kier molecular flexibility index (Phi) is 12.8. The van der Waals surface area contributed by atoms with Crippen LogP contribution in [0.2, 0.25) is 0 Å². The molecule has 0 bridgehead atoms. The van der Waals surface area contributed by atoms with E-state index in [1.165, 1.54) is 89.4 Å². The van der Waals surface area contributed by atoms with Crippen LogP contribution >= 0.6 is 0 Å². The molecule has 0 N–H and O–H groups in total. The summed E-state index contributed by atoms with van der Waals surface area (Å²) in [6.45, 7) is 14.1. The number of aryl methyl sites for hydroxylation is 3. The van der Waals surface area contributed by atoms with Gasteiger partial charge >= 0.3 is 30.2 Å². The van der Waals surface area contributed by atoms with Crippen LogP contribution in [-0.2, 0) is 23.3 Å². The fraction of sp³-hybridized carbons (Fsp3) is 0.158.